The van der Waals surface area contributed by atoms with Gasteiger partial charge in [-0.15, -0.1) is 0 Å². The van der Waals surface area contributed by atoms with Gasteiger partial charge >= 0.3 is 0 Å². The number of benzene rings is 1. The van der Waals surface area contributed by atoms with Crippen LogP contribution >= 0.6 is 15.9 Å². The van der Waals surface area contributed by atoms with Crippen LogP contribution in [0.1, 0.15) is 31.7 Å². The SMILES string of the molecule is CCNC(=NCc1ccc(OC)c(Br)c1)NCCCN1CCCC1=O. The topological polar surface area (TPSA) is 66.0 Å². The molecule has 7 heteroatoms. The zero-order valence-corrected chi connectivity index (χ0v) is 16.6. The van der Waals surface area contributed by atoms with E-state index in [2.05, 4.69) is 31.6 Å². The Balaban J connectivity index is 1.81. The van der Waals surface area contributed by atoms with Gasteiger partial charge in [0.25, 0.3) is 0 Å². The molecule has 0 atom stereocenters. The summed E-state index contributed by atoms with van der Waals surface area (Å²) in [5.41, 5.74) is 1.10. The van der Waals surface area contributed by atoms with Crippen molar-refractivity contribution >= 4 is 27.8 Å². The number of nitrogens with one attached hydrogen (secondary N) is 2. The van der Waals surface area contributed by atoms with Crippen molar-refractivity contribution in [2.45, 2.75) is 32.7 Å². The first-order chi connectivity index (χ1) is 12.1. The predicted octanol–water partition coefficient (Wildman–Crippen LogP) is 2.53. The molecular weight excluding hydrogens is 384 g/mol. The number of methoxy groups -OCH3 is 1. The van der Waals surface area contributed by atoms with E-state index in [9.17, 15) is 4.79 Å². The van der Waals surface area contributed by atoms with Gasteiger partial charge in [0.05, 0.1) is 18.1 Å². The molecule has 1 aliphatic rings. The molecule has 0 spiro atoms. The lowest BCUT2D eigenvalue weighted by molar-refractivity contribution is -0.127. The van der Waals surface area contributed by atoms with Crippen molar-refractivity contribution < 1.29 is 9.53 Å². The fraction of sp³-hybridized carbons (Fsp3) is 0.556. The van der Waals surface area contributed by atoms with Crippen molar-refractivity contribution in [1.29, 1.82) is 0 Å². The van der Waals surface area contributed by atoms with E-state index in [-0.39, 0.29) is 5.91 Å². The van der Waals surface area contributed by atoms with Gasteiger partial charge in [-0.25, -0.2) is 4.99 Å². The number of nitrogens with zero attached hydrogens (tertiary/aromatic N) is 2. The van der Waals surface area contributed by atoms with Gasteiger partial charge in [0, 0.05) is 32.6 Å². The fourth-order valence-electron chi connectivity index (χ4n) is 2.74. The van der Waals surface area contributed by atoms with Crippen LogP contribution < -0.4 is 15.4 Å². The van der Waals surface area contributed by atoms with Gasteiger partial charge in [-0.1, -0.05) is 6.07 Å². The van der Waals surface area contributed by atoms with E-state index >= 15 is 0 Å². The highest BCUT2D eigenvalue weighted by Gasteiger charge is 2.18. The van der Waals surface area contributed by atoms with E-state index < -0.39 is 0 Å². The van der Waals surface area contributed by atoms with E-state index in [1.165, 1.54) is 0 Å². The number of hydrogen-bond acceptors (Lipinski definition) is 3. The number of halogens is 1. The smallest absolute Gasteiger partial charge is 0.222 e. The van der Waals surface area contributed by atoms with Crippen molar-refractivity contribution in [2.24, 2.45) is 4.99 Å². The monoisotopic (exact) mass is 410 g/mol. The molecule has 1 saturated heterocycles. The highest BCUT2D eigenvalue weighted by Crippen LogP contribution is 2.25. The third-order valence-corrected chi connectivity index (χ3v) is 4.67. The molecular formula is C18H27BrN4O2. The van der Waals surface area contributed by atoms with Crippen LogP contribution in [0.15, 0.2) is 27.7 Å². The number of amides is 1. The van der Waals surface area contributed by atoms with Crippen LogP contribution in [0.3, 0.4) is 0 Å². The number of hydrogen-bond donors (Lipinski definition) is 2. The van der Waals surface area contributed by atoms with E-state index in [0.29, 0.717) is 13.0 Å². The third kappa shape index (κ3) is 6.23. The van der Waals surface area contributed by atoms with Crippen LogP contribution in [-0.2, 0) is 11.3 Å². The molecule has 0 saturated carbocycles. The maximum Gasteiger partial charge on any atom is 0.222 e. The van der Waals surface area contributed by atoms with Gasteiger partial charge in [-0.2, -0.15) is 0 Å². The maximum atomic E-state index is 11.6. The molecule has 0 bridgehead atoms. The summed E-state index contributed by atoms with van der Waals surface area (Å²) in [5, 5.41) is 6.58. The molecule has 1 fully saturated rings. The lowest BCUT2D eigenvalue weighted by atomic mass is 10.2. The number of guanidine groups is 1. The first-order valence-corrected chi connectivity index (χ1v) is 9.55. The largest absolute Gasteiger partial charge is 0.496 e. The Morgan fingerprint density at radius 1 is 1.40 bits per heavy atom. The summed E-state index contributed by atoms with van der Waals surface area (Å²) in [6.07, 6.45) is 2.62. The summed E-state index contributed by atoms with van der Waals surface area (Å²) < 4.78 is 6.17. The van der Waals surface area contributed by atoms with E-state index in [4.69, 9.17) is 4.74 Å². The second-order valence-electron chi connectivity index (χ2n) is 5.93. The second-order valence-corrected chi connectivity index (χ2v) is 6.78. The van der Waals surface area contributed by atoms with Crippen LogP contribution in [0.25, 0.3) is 0 Å². The zero-order chi connectivity index (χ0) is 18.1. The highest BCUT2D eigenvalue weighted by atomic mass is 79.9. The van der Waals surface area contributed by atoms with Crippen molar-refractivity contribution in [3.63, 3.8) is 0 Å². The maximum absolute atomic E-state index is 11.6. The number of carbonyl (C=O) groups excluding carboxylic acids is 1. The normalized spacial score (nSPS) is 14.8. The molecule has 138 valence electrons. The first-order valence-electron chi connectivity index (χ1n) is 8.76. The summed E-state index contributed by atoms with van der Waals surface area (Å²) in [4.78, 5) is 18.2. The number of ether oxygens (including phenoxy) is 1. The molecule has 0 aliphatic carbocycles. The van der Waals surface area contributed by atoms with Crippen LogP contribution in [0, 0.1) is 0 Å². The molecule has 1 amide bonds. The molecule has 2 rings (SSSR count). The van der Waals surface area contributed by atoms with Gasteiger partial charge in [-0.3, -0.25) is 4.79 Å². The lowest BCUT2D eigenvalue weighted by Crippen LogP contribution is -2.39. The lowest BCUT2D eigenvalue weighted by Gasteiger charge is -2.16. The summed E-state index contributed by atoms with van der Waals surface area (Å²) >= 11 is 3.50. The predicted molar refractivity (Wildman–Crippen MR) is 104 cm³/mol. The van der Waals surface area contributed by atoms with Crippen molar-refractivity contribution in [3.8, 4) is 5.75 Å². The van der Waals surface area contributed by atoms with Gasteiger partial charge in [0.2, 0.25) is 5.91 Å². The van der Waals surface area contributed by atoms with Crippen molar-refractivity contribution in [2.75, 3.05) is 33.3 Å². The molecule has 1 aliphatic heterocycles. The van der Waals surface area contributed by atoms with Crippen molar-refractivity contribution in [3.05, 3.63) is 28.2 Å². The number of aliphatic imine (C=N–C) groups is 1. The Hall–Kier alpha value is -1.76. The summed E-state index contributed by atoms with van der Waals surface area (Å²) in [5.74, 6) is 1.89. The van der Waals surface area contributed by atoms with Gasteiger partial charge in [0.15, 0.2) is 5.96 Å². The number of likely N-dealkylation sites (tertiary alicyclic amines) is 1. The third-order valence-electron chi connectivity index (χ3n) is 4.05. The quantitative estimate of drug-likeness (QED) is 0.392. The Labute approximate surface area is 158 Å². The van der Waals surface area contributed by atoms with Gasteiger partial charge in [-0.05, 0) is 53.4 Å². The highest BCUT2D eigenvalue weighted by molar-refractivity contribution is 9.10. The molecule has 1 aromatic rings. The second kappa shape index (κ2) is 10.3. The molecule has 25 heavy (non-hydrogen) atoms. The average Bonchev–Trinajstić information content (AvgIpc) is 3.01. The van der Waals surface area contributed by atoms with Crippen LogP contribution in [0.2, 0.25) is 0 Å². The zero-order valence-electron chi connectivity index (χ0n) is 15.0. The Morgan fingerprint density at radius 3 is 2.88 bits per heavy atom. The van der Waals surface area contributed by atoms with Crippen LogP contribution in [0.4, 0.5) is 0 Å². The van der Waals surface area contributed by atoms with Crippen LogP contribution in [0.5, 0.6) is 5.75 Å². The first kappa shape index (κ1) is 19.6. The van der Waals surface area contributed by atoms with Gasteiger partial charge < -0.3 is 20.3 Å². The molecule has 1 aromatic carbocycles. The average molecular weight is 411 g/mol. The van der Waals surface area contributed by atoms with E-state index in [0.717, 1.165) is 60.8 Å². The molecule has 6 nitrogen and oxygen atoms in total. The van der Waals surface area contributed by atoms with E-state index in [1.54, 1.807) is 7.11 Å². The summed E-state index contributed by atoms with van der Waals surface area (Å²) in [7, 11) is 1.65. The number of rotatable bonds is 8. The standard InChI is InChI=1S/C18H27BrN4O2/c1-3-20-18(21-9-5-11-23-10-4-6-17(23)24)22-13-14-7-8-16(25-2)15(19)12-14/h7-8,12H,3-6,9-11,13H2,1-2H3,(H2,20,21,22). The molecule has 1 heterocycles. The molecule has 0 unspecified atom stereocenters. The fourth-order valence-corrected chi connectivity index (χ4v) is 3.33. The Kier molecular flexibility index (Phi) is 8.04. The van der Waals surface area contributed by atoms with Gasteiger partial charge in [0.1, 0.15) is 5.75 Å². The minimum Gasteiger partial charge on any atom is -0.496 e. The minimum absolute atomic E-state index is 0.283. The van der Waals surface area contributed by atoms with Crippen LogP contribution in [-0.4, -0.2) is 50.1 Å². The minimum atomic E-state index is 0.283. The number of carbonyl (C=O) groups is 1. The van der Waals surface area contributed by atoms with Crippen molar-refractivity contribution in [1.82, 2.24) is 15.5 Å². The Bertz CT molecular complexity index is 607. The molecule has 2 N–H and O–H groups in total. The Morgan fingerprint density at radius 2 is 2.24 bits per heavy atom. The molecule has 0 radical (unpaired) electrons. The summed E-state index contributed by atoms with van der Waals surface area (Å²) in [6, 6.07) is 5.96. The summed E-state index contributed by atoms with van der Waals surface area (Å²) in [6.45, 7) is 5.95. The molecule has 0 aromatic heterocycles. The van der Waals surface area contributed by atoms with E-state index in [1.807, 2.05) is 30.0 Å².